The summed E-state index contributed by atoms with van der Waals surface area (Å²) in [5.74, 6) is -1.40. The van der Waals surface area contributed by atoms with Crippen LogP contribution in [0.1, 0.15) is 117 Å². The van der Waals surface area contributed by atoms with Crippen LogP contribution < -0.4 is 0 Å². The van der Waals surface area contributed by atoms with Gasteiger partial charge in [0, 0.05) is 12.8 Å². The van der Waals surface area contributed by atoms with Crippen LogP contribution in [0.15, 0.2) is 97.2 Å². The zero-order valence-corrected chi connectivity index (χ0v) is 40.5. The van der Waals surface area contributed by atoms with Crippen molar-refractivity contribution in [1.29, 1.82) is 0 Å². The maximum Gasteiger partial charge on any atom is 0.472 e. The van der Waals surface area contributed by atoms with E-state index in [9.17, 15) is 54.3 Å². The van der Waals surface area contributed by atoms with E-state index in [0.717, 1.165) is 57.8 Å². The summed E-state index contributed by atoms with van der Waals surface area (Å²) in [7, 11) is -10.7. The molecule has 18 nitrogen and oxygen atoms in total. The van der Waals surface area contributed by atoms with Gasteiger partial charge in [0.15, 0.2) is 6.10 Å². The van der Waals surface area contributed by atoms with E-state index in [1.165, 1.54) is 0 Å². The number of carbonyl (C=O) groups excluding carboxylic acids is 2. The SMILES string of the molecule is CC/C=C\C[C@@H](O)/C=C/C=C\C=C\[C@@H](O)C/C=C\C/C=C\CCC(=O)OC[C@H](COP(=O)(O)O[C@H]1C(O)C(O)C(O)[C@@H](OP(=O)(O)O)C1O)OC(=O)CCCCCCC/C=C\C/C=C\CCC. The summed E-state index contributed by atoms with van der Waals surface area (Å²) in [6, 6.07) is 0. The fourth-order valence-electron chi connectivity index (χ4n) is 6.20. The van der Waals surface area contributed by atoms with Crippen molar-refractivity contribution in [2.45, 2.75) is 172 Å². The number of ether oxygens (including phenoxy) is 2. The topological polar surface area (TPSA) is 296 Å². The molecule has 20 heteroatoms. The van der Waals surface area contributed by atoms with Crippen LogP contribution in [0, 0.1) is 0 Å². The zero-order chi connectivity index (χ0) is 49.9. The first kappa shape index (κ1) is 61.9. The van der Waals surface area contributed by atoms with E-state index in [4.69, 9.17) is 28.3 Å². The van der Waals surface area contributed by atoms with Crippen molar-refractivity contribution in [3.8, 4) is 0 Å². The van der Waals surface area contributed by atoms with E-state index >= 15 is 0 Å². The van der Waals surface area contributed by atoms with Gasteiger partial charge in [-0.1, -0.05) is 137 Å². The summed E-state index contributed by atoms with van der Waals surface area (Å²) >= 11 is 0. The van der Waals surface area contributed by atoms with Crippen LogP contribution in [0.5, 0.6) is 0 Å². The number of rotatable bonds is 36. The Morgan fingerprint density at radius 2 is 1.10 bits per heavy atom. The molecule has 0 saturated heterocycles. The number of unbranched alkanes of at least 4 members (excludes halogenated alkanes) is 6. The van der Waals surface area contributed by atoms with Gasteiger partial charge in [0.1, 0.15) is 43.2 Å². The molecule has 5 unspecified atom stereocenters. The van der Waals surface area contributed by atoms with Crippen LogP contribution >= 0.6 is 15.6 Å². The summed E-state index contributed by atoms with van der Waals surface area (Å²) in [5, 5.41) is 61.2. The molecule has 382 valence electrons. The molecular formula is C47H76O18P2. The highest BCUT2D eigenvalue weighted by atomic mass is 31.2. The largest absolute Gasteiger partial charge is 0.472 e. The number of aliphatic hydroxyl groups excluding tert-OH is 6. The predicted molar refractivity (Wildman–Crippen MR) is 253 cm³/mol. The second-order valence-electron chi connectivity index (χ2n) is 15.8. The van der Waals surface area contributed by atoms with Gasteiger partial charge in [-0.3, -0.25) is 23.2 Å². The van der Waals surface area contributed by atoms with Gasteiger partial charge in [-0.2, -0.15) is 0 Å². The molecule has 0 aromatic heterocycles. The molecule has 1 aliphatic carbocycles. The van der Waals surface area contributed by atoms with Crippen molar-refractivity contribution in [3.63, 3.8) is 0 Å². The second kappa shape index (κ2) is 36.8. The van der Waals surface area contributed by atoms with E-state index in [0.29, 0.717) is 25.7 Å². The molecule has 0 spiro atoms. The highest BCUT2D eigenvalue weighted by molar-refractivity contribution is 7.47. The molecule has 0 aromatic rings. The summed E-state index contributed by atoms with van der Waals surface area (Å²) in [6.07, 6.45) is 24.4. The molecule has 0 amide bonds. The van der Waals surface area contributed by atoms with Gasteiger partial charge < -0.3 is 54.8 Å². The van der Waals surface area contributed by atoms with Crippen molar-refractivity contribution in [2.24, 2.45) is 0 Å². The molecule has 0 bridgehead atoms. The number of aliphatic hydroxyl groups is 6. The van der Waals surface area contributed by atoms with Gasteiger partial charge in [-0.15, -0.1) is 0 Å². The lowest BCUT2D eigenvalue weighted by Gasteiger charge is -2.43. The summed E-state index contributed by atoms with van der Waals surface area (Å²) in [5.41, 5.74) is 0. The molecule has 1 rings (SSSR count). The fourth-order valence-corrected chi connectivity index (χ4v) is 7.74. The quantitative estimate of drug-likeness (QED) is 0.0109. The fraction of sp³-hybridized carbons (Fsp3) is 0.617. The molecule has 0 radical (unpaired) electrons. The van der Waals surface area contributed by atoms with Gasteiger partial charge in [0.2, 0.25) is 0 Å². The minimum absolute atomic E-state index is 0.0162. The average Bonchev–Trinajstić information content (AvgIpc) is 3.27. The Morgan fingerprint density at radius 3 is 1.70 bits per heavy atom. The highest BCUT2D eigenvalue weighted by Crippen LogP contribution is 2.49. The Labute approximate surface area is 395 Å². The zero-order valence-electron chi connectivity index (χ0n) is 38.8. The van der Waals surface area contributed by atoms with Gasteiger partial charge in [-0.25, -0.2) is 9.13 Å². The number of esters is 2. The minimum atomic E-state index is -5.39. The van der Waals surface area contributed by atoms with Gasteiger partial charge >= 0.3 is 27.6 Å². The molecule has 10 atom stereocenters. The molecule has 1 saturated carbocycles. The third-order valence-corrected chi connectivity index (χ3v) is 11.3. The van der Waals surface area contributed by atoms with Crippen LogP contribution in [0.4, 0.5) is 0 Å². The lowest BCUT2D eigenvalue weighted by Crippen LogP contribution is -2.64. The lowest BCUT2D eigenvalue weighted by atomic mass is 9.85. The van der Waals surface area contributed by atoms with Crippen molar-refractivity contribution in [1.82, 2.24) is 0 Å². The van der Waals surface area contributed by atoms with E-state index in [1.54, 1.807) is 42.5 Å². The maximum atomic E-state index is 13.0. The monoisotopic (exact) mass is 990 g/mol. The Morgan fingerprint density at radius 1 is 0.567 bits per heavy atom. The van der Waals surface area contributed by atoms with E-state index in [2.05, 4.69) is 35.8 Å². The van der Waals surface area contributed by atoms with Crippen LogP contribution in [0.25, 0.3) is 0 Å². The third kappa shape index (κ3) is 31.6. The van der Waals surface area contributed by atoms with Crippen molar-refractivity contribution in [2.75, 3.05) is 13.2 Å². The minimum Gasteiger partial charge on any atom is -0.462 e. The van der Waals surface area contributed by atoms with E-state index < -0.39 is 95.7 Å². The summed E-state index contributed by atoms with van der Waals surface area (Å²) in [6.45, 7) is 2.67. The van der Waals surface area contributed by atoms with Crippen LogP contribution in [0.3, 0.4) is 0 Å². The van der Waals surface area contributed by atoms with Crippen LogP contribution in [-0.2, 0) is 41.8 Å². The number of allylic oxidation sites excluding steroid dienone is 12. The smallest absolute Gasteiger partial charge is 0.462 e. The van der Waals surface area contributed by atoms with Crippen LogP contribution in [0.2, 0.25) is 0 Å². The summed E-state index contributed by atoms with van der Waals surface area (Å²) in [4.78, 5) is 54.2. The Kier molecular flexibility index (Phi) is 33.9. The number of hydrogen-bond donors (Lipinski definition) is 9. The Bertz CT molecular complexity index is 1700. The molecule has 67 heavy (non-hydrogen) atoms. The molecule has 0 aromatic carbocycles. The number of carbonyl (C=O) groups is 2. The highest BCUT2D eigenvalue weighted by Gasteiger charge is 2.54. The molecule has 0 heterocycles. The number of hydrogen-bond acceptors (Lipinski definition) is 15. The number of phosphoric acid groups is 2. The summed E-state index contributed by atoms with van der Waals surface area (Å²) < 4.78 is 49.1. The first-order chi connectivity index (χ1) is 31.9. The third-order valence-electron chi connectivity index (χ3n) is 9.80. The van der Waals surface area contributed by atoms with Crippen molar-refractivity contribution in [3.05, 3.63) is 97.2 Å². The second-order valence-corrected chi connectivity index (χ2v) is 18.4. The lowest BCUT2D eigenvalue weighted by molar-refractivity contribution is -0.216. The molecule has 1 aliphatic rings. The maximum absolute atomic E-state index is 13.0. The van der Waals surface area contributed by atoms with Gasteiger partial charge in [0.25, 0.3) is 0 Å². The van der Waals surface area contributed by atoms with Crippen molar-refractivity contribution < 1.29 is 87.1 Å². The molecular weight excluding hydrogens is 914 g/mol. The van der Waals surface area contributed by atoms with Crippen LogP contribution in [-0.4, -0.2) is 125 Å². The van der Waals surface area contributed by atoms with E-state index in [-0.39, 0.29) is 19.3 Å². The standard InChI is InChI=1S/C47H76O18P2/c1-3-5-7-8-9-10-11-12-13-14-15-20-28-34-41(51)63-39(36-62-67(59,60)65-47-44(54)42(52)43(53)46(45(47)55)64-66(56,57)58)35-61-40(50)33-27-19-17-16-18-24-30-38(49)32-26-22-21-25-31-37(48)29-23-6-4-2/h6-8,10-11,17-19,21-26,31-32,37-39,42-49,52-55H,3-5,9,12-16,20,27-30,33-36H2,1-2H3,(H,59,60)(H2,56,57,58)/b8-7-,11-10-,19-17-,22-21-,23-6-,24-18-,31-25+,32-26+/t37-,38+,39-,42?,43?,44?,45?,46-,47+/m1/s1. The molecule has 1 fully saturated rings. The Balaban J connectivity index is 2.70. The number of phosphoric ester groups is 2. The van der Waals surface area contributed by atoms with E-state index in [1.807, 2.05) is 37.3 Å². The first-order valence-corrected chi connectivity index (χ1v) is 26.0. The molecule has 0 aliphatic heterocycles. The van der Waals surface area contributed by atoms with Crippen molar-refractivity contribution >= 4 is 27.6 Å². The first-order valence-electron chi connectivity index (χ1n) is 23.0. The average molecular weight is 991 g/mol. The Hall–Kier alpha value is -3.16. The molecule has 9 N–H and O–H groups in total. The van der Waals surface area contributed by atoms with Gasteiger partial charge in [0.05, 0.1) is 18.8 Å². The van der Waals surface area contributed by atoms with Gasteiger partial charge in [-0.05, 0) is 64.2 Å². The normalized spacial score (nSPS) is 23.2. The predicted octanol–water partition coefficient (Wildman–Crippen LogP) is 6.33.